The molecule has 230 valence electrons. The molecule has 3 N–H and O–H groups in total. The Bertz CT molecular complexity index is 1330. The molecule has 1 aromatic carbocycles. The van der Waals surface area contributed by atoms with Crippen molar-refractivity contribution >= 4 is 27.6 Å². The van der Waals surface area contributed by atoms with E-state index < -0.39 is 15.3 Å². The highest BCUT2D eigenvalue weighted by molar-refractivity contribution is 7.90. The molecule has 1 fully saturated rings. The van der Waals surface area contributed by atoms with Crippen molar-refractivity contribution in [3.05, 3.63) is 64.8 Å². The Labute approximate surface area is 248 Å². The van der Waals surface area contributed by atoms with Crippen LogP contribution in [0.25, 0.3) is 0 Å². The number of hydrogen-bond donors (Lipinski definition) is 3. The zero-order chi connectivity index (χ0) is 30.8. The maximum absolute atomic E-state index is 12.1. The van der Waals surface area contributed by atoms with Crippen molar-refractivity contribution in [1.82, 2.24) is 16.3 Å². The molecular weight excluding hydrogens is 558 g/mol. The van der Waals surface area contributed by atoms with Crippen molar-refractivity contribution in [3.8, 4) is 0 Å². The monoisotopic (exact) mass is 601 g/mol. The van der Waals surface area contributed by atoms with Crippen LogP contribution in [0.5, 0.6) is 0 Å². The lowest BCUT2D eigenvalue weighted by Gasteiger charge is -2.32. The van der Waals surface area contributed by atoms with Gasteiger partial charge in [-0.3, -0.25) is 24.6 Å². The minimum Gasteiger partial charge on any atom is -0.468 e. The zero-order valence-electron chi connectivity index (χ0n) is 25.0. The largest absolute Gasteiger partial charge is 0.468 e. The number of carbonyl (C=O) groups is 3. The number of unbranched alkanes of at least 4 members (excludes halogenated alkanes) is 2. The van der Waals surface area contributed by atoms with Crippen LogP contribution < -0.4 is 16.3 Å². The number of fused-ring (bicyclic) bond motifs is 2. The molecule has 11 heteroatoms. The molecule has 1 aromatic rings. The van der Waals surface area contributed by atoms with Gasteiger partial charge in [-0.1, -0.05) is 55.7 Å². The Morgan fingerprint density at radius 3 is 2.43 bits per heavy atom. The van der Waals surface area contributed by atoms with Crippen LogP contribution in [0, 0.1) is 11.3 Å². The number of hydrazine groups is 1. The molecule has 0 aromatic heterocycles. The van der Waals surface area contributed by atoms with Crippen LogP contribution in [0.2, 0.25) is 0 Å². The van der Waals surface area contributed by atoms with Crippen LogP contribution in [0.4, 0.5) is 0 Å². The van der Waals surface area contributed by atoms with Crippen molar-refractivity contribution in [3.63, 3.8) is 0 Å². The number of benzene rings is 1. The first-order valence-corrected chi connectivity index (χ1v) is 16.3. The Balaban J connectivity index is 0.000000245. The number of allylic oxidation sites excluding steroid dienone is 5. The second-order valence-corrected chi connectivity index (χ2v) is 13.0. The zero-order valence-corrected chi connectivity index (χ0v) is 25.8. The Kier molecular flexibility index (Phi) is 12.1. The van der Waals surface area contributed by atoms with E-state index in [0.29, 0.717) is 18.9 Å². The van der Waals surface area contributed by atoms with Gasteiger partial charge in [-0.15, -0.1) is 5.59 Å². The molecule has 3 aliphatic carbocycles. The van der Waals surface area contributed by atoms with Crippen LogP contribution in [-0.2, 0) is 40.2 Å². The maximum atomic E-state index is 12.1. The molecule has 0 radical (unpaired) electrons. The van der Waals surface area contributed by atoms with E-state index in [2.05, 4.69) is 46.3 Å². The Morgan fingerprint density at radius 2 is 1.79 bits per heavy atom. The van der Waals surface area contributed by atoms with Crippen molar-refractivity contribution in [2.24, 2.45) is 11.3 Å². The lowest BCUT2D eigenvalue weighted by Crippen LogP contribution is -2.36. The lowest BCUT2D eigenvalue weighted by molar-refractivity contribution is -0.150. The predicted octanol–water partition coefficient (Wildman–Crippen LogP) is 3.65. The first-order valence-electron chi connectivity index (χ1n) is 14.4. The summed E-state index contributed by atoms with van der Waals surface area (Å²) in [4.78, 5) is 39.9. The van der Waals surface area contributed by atoms with E-state index in [1.54, 1.807) is 17.7 Å². The summed E-state index contributed by atoms with van der Waals surface area (Å²) in [5, 5.41) is 2.81. The van der Waals surface area contributed by atoms with Gasteiger partial charge in [0.05, 0.1) is 31.0 Å². The molecule has 42 heavy (non-hydrogen) atoms. The number of amides is 2. The lowest BCUT2D eigenvalue weighted by atomic mass is 9.72. The average Bonchev–Trinajstić information content (AvgIpc) is 3.65. The van der Waals surface area contributed by atoms with Gasteiger partial charge in [0.1, 0.15) is 0 Å². The van der Waals surface area contributed by atoms with E-state index in [1.165, 1.54) is 43.9 Å². The number of ether oxygens (including phenoxy) is 1. The molecule has 2 atom stereocenters. The highest BCUT2D eigenvalue weighted by Crippen LogP contribution is 2.55. The van der Waals surface area contributed by atoms with Gasteiger partial charge < -0.3 is 10.1 Å². The number of carbonyl (C=O) groups excluding carboxylic acids is 3. The summed E-state index contributed by atoms with van der Waals surface area (Å²) in [7, 11) is -0.325. The molecule has 10 nitrogen and oxygen atoms in total. The molecule has 2 unspecified atom stereocenters. The van der Waals surface area contributed by atoms with E-state index in [9.17, 15) is 22.8 Å². The van der Waals surface area contributed by atoms with Crippen molar-refractivity contribution in [2.75, 3.05) is 27.0 Å². The van der Waals surface area contributed by atoms with Gasteiger partial charge >= 0.3 is 5.97 Å². The number of sulfone groups is 1. The van der Waals surface area contributed by atoms with Crippen LogP contribution in [0.15, 0.2) is 64.1 Å². The topological polar surface area (TPSA) is 140 Å². The average molecular weight is 602 g/mol. The molecule has 0 spiro atoms. The number of hydrogen-bond acceptors (Lipinski definition) is 8. The van der Waals surface area contributed by atoms with Gasteiger partial charge in [0.2, 0.25) is 11.8 Å². The molecular formula is C31H43N3O7S. The quantitative estimate of drug-likeness (QED) is 0.167. The number of esters is 1. The summed E-state index contributed by atoms with van der Waals surface area (Å²) in [5.41, 5.74) is 9.32. The van der Waals surface area contributed by atoms with Gasteiger partial charge in [0.25, 0.3) is 0 Å². The SMILES string of the molecule is CCCC1(C(=O)OC)C=CC2=CC3CC3=C2C1.CONNC(=O)CCCCCNC(=O)Cc1ccc(S(C)(=O)=O)cc1. The standard InChI is InChI=1S/C16H25N3O5S.C15H18O2/c1-24-19-18-15(20)6-4-3-5-11-17-16(21)12-13-7-9-14(10-8-13)25(2,22)23;1-3-5-15(14(16)17-2)6-4-10-7-11-8-12(11)13(10)9-15/h7-10,19H,3-6,11-12H2,1-2H3,(H,17,21)(H,18,20);4,6-7,11H,3,5,8-9H2,1-2H3. The summed E-state index contributed by atoms with van der Waals surface area (Å²) in [6, 6.07) is 6.29. The number of rotatable bonds is 14. The van der Waals surface area contributed by atoms with Gasteiger partial charge in [0.15, 0.2) is 9.84 Å². The summed E-state index contributed by atoms with van der Waals surface area (Å²) in [6.45, 7) is 2.66. The third kappa shape index (κ3) is 9.37. The Morgan fingerprint density at radius 1 is 1.05 bits per heavy atom. The fourth-order valence-corrected chi connectivity index (χ4v) is 5.96. The summed E-state index contributed by atoms with van der Waals surface area (Å²) >= 11 is 0. The van der Waals surface area contributed by atoms with Crippen molar-refractivity contribution < 1.29 is 32.4 Å². The highest BCUT2D eigenvalue weighted by atomic mass is 32.2. The highest BCUT2D eigenvalue weighted by Gasteiger charge is 2.45. The van der Waals surface area contributed by atoms with Crippen LogP contribution in [0.1, 0.15) is 63.9 Å². The van der Waals surface area contributed by atoms with E-state index in [4.69, 9.17) is 4.74 Å². The Hall–Kier alpha value is -3.28. The van der Waals surface area contributed by atoms with Crippen LogP contribution in [0.3, 0.4) is 0 Å². The molecule has 3 aliphatic rings. The first kappa shape index (κ1) is 33.2. The van der Waals surface area contributed by atoms with E-state index >= 15 is 0 Å². The molecule has 0 aliphatic heterocycles. The van der Waals surface area contributed by atoms with Crippen LogP contribution in [-0.4, -0.2) is 53.2 Å². The van der Waals surface area contributed by atoms with Gasteiger partial charge in [-0.05, 0) is 60.9 Å². The molecule has 0 bridgehead atoms. The number of methoxy groups -OCH3 is 1. The van der Waals surface area contributed by atoms with Crippen LogP contribution >= 0.6 is 0 Å². The van der Waals surface area contributed by atoms with E-state index in [1.807, 2.05) is 0 Å². The molecule has 1 saturated carbocycles. The fraction of sp³-hybridized carbons (Fsp3) is 0.516. The molecule has 0 saturated heterocycles. The van der Waals surface area contributed by atoms with Crippen molar-refractivity contribution in [2.45, 2.75) is 69.6 Å². The molecule has 2 amide bonds. The normalized spacial score (nSPS) is 20.0. The van der Waals surface area contributed by atoms with Crippen molar-refractivity contribution in [1.29, 1.82) is 0 Å². The van der Waals surface area contributed by atoms with Gasteiger partial charge in [-0.2, -0.15) is 0 Å². The first-order chi connectivity index (χ1) is 20.0. The minimum atomic E-state index is -3.22. The second-order valence-electron chi connectivity index (χ2n) is 11.0. The summed E-state index contributed by atoms with van der Waals surface area (Å²) < 4.78 is 27.8. The van der Waals surface area contributed by atoms with E-state index in [-0.39, 0.29) is 29.1 Å². The van der Waals surface area contributed by atoms with Gasteiger partial charge in [-0.25, -0.2) is 8.42 Å². The third-order valence-corrected chi connectivity index (χ3v) is 8.75. The molecule has 4 rings (SSSR count). The summed E-state index contributed by atoms with van der Waals surface area (Å²) in [5.74, 6) is 0.351. The van der Waals surface area contributed by atoms with Gasteiger partial charge in [0, 0.05) is 25.1 Å². The predicted molar refractivity (Wildman–Crippen MR) is 159 cm³/mol. The van der Waals surface area contributed by atoms with E-state index in [0.717, 1.165) is 50.3 Å². The maximum Gasteiger partial charge on any atom is 0.316 e. The molecule has 0 heterocycles. The third-order valence-electron chi connectivity index (χ3n) is 7.62. The minimum absolute atomic E-state index is 0.0770. The summed E-state index contributed by atoms with van der Waals surface area (Å²) in [6.07, 6.45) is 14.6. The fourth-order valence-electron chi connectivity index (χ4n) is 5.33. The smallest absolute Gasteiger partial charge is 0.316 e. The second kappa shape index (κ2) is 15.3. The number of nitrogens with one attached hydrogen (secondary N) is 3.